The van der Waals surface area contributed by atoms with Crippen LogP contribution in [-0.2, 0) is 36.5 Å². The summed E-state index contributed by atoms with van der Waals surface area (Å²) >= 11 is 3.73. The van der Waals surface area contributed by atoms with Crippen LogP contribution < -0.4 is 4.18 Å². The highest BCUT2D eigenvalue weighted by Crippen LogP contribution is 2.67. The largest absolute Gasteiger partial charge is 0.379 e. The number of hydrogen-bond acceptors (Lipinski definition) is 5. The SMILES string of the molecule is O=S(=O)(O)c1c(I)cc(OS(=O)(=O)c2c(C34CC5CC(CC(C5)C3)C4)cc(C34CC5CC(CC(C5)C3)C4)cc2C23CC4CC(CC(C4)C2)C3)cc1I. The molecule has 14 rings (SSSR count). The third-order valence-corrected chi connectivity index (χ3v) is 21.4. The summed E-state index contributed by atoms with van der Waals surface area (Å²) in [5.41, 5.74) is 3.54. The van der Waals surface area contributed by atoms with Crippen LogP contribution in [0.1, 0.15) is 132 Å². The first-order chi connectivity index (χ1) is 24.7. The molecule has 0 aliphatic heterocycles. The quantitative estimate of drug-likeness (QED) is 0.169. The summed E-state index contributed by atoms with van der Waals surface area (Å²) in [6, 6.07) is 7.88. The van der Waals surface area contributed by atoms with Crippen LogP contribution in [0.15, 0.2) is 34.1 Å². The predicted molar refractivity (Wildman–Crippen MR) is 215 cm³/mol. The molecule has 12 saturated carbocycles. The molecule has 0 atom stereocenters. The van der Waals surface area contributed by atoms with Crippen LogP contribution in [0.2, 0.25) is 0 Å². The van der Waals surface area contributed by atoms with Crippen LogP contribution in [0, 0.1) is 60.4 Å². The fraction of sp³-hybridized carbons (Fsp3) is 0.714. The second-order valence-corrected chi connectivity index (χ2v) is 25.4. The van der Waals surface area contributed by atoms with Crippen molar-refractivity contribution in [3.63, 3.8) is 0 Å². The van der Waals surface area contributed by atoms with Crippen molar-refractivity contribution in [3.8, 4) is 5.75 Å². The minimum atomic E-state index is -4.49. The van der Waals surface area contributed by atoms with Gasteiger partial charge in [0.25, 0.3) is 10.1 Å². The third-order valence-electron chi connectivity index (χ3n) is 16.6. The molecule has 0 amide bonds. The summed E-state index contributed by atoms with van der Waals surface area (Å²) in [7, 11) is -8.82. The molecule has 12 aliphatic rings. The maximum atomic E-state index is 15.5. The fourth-order valence-corrected chi connectivity index (χ4v) is 21.9. The highest BCUT2D eigenvalue weighted by Gasteiger charge is 2.59. The van der Waals surface area contributed by atoms with E-state index in [1.54, 1.807) is 0 Å². The second-order valence-electron chi connectivity index (χ2n) is 20.2. The molecule has 12 bridgehead atoms. The average molecular weight is 969 g/mol. The highest BCUT2D eigenvalue weighted by molar-refractivity contribution is 14.1. The molecule has 0 unspecified atom stereocenters. The highest BCUT2D eigenvalue weighted by atomic mass is 127. The standard InChI is InChI=1S/C42H50I2O6S2/c43-36-12-33(13-37(44)39(36)51(45,46)47)50-52(48,49)38-34(41-17-26-4-27(18-41)6-28(5-26)19-41)10-32(40-14-23-1-24(15-40)3-25(2-23)16-40)11-35(38)42-20-29-7-30(21-42)9-31(8-29)22-42/h10-13,23-31H,1-9,14-22H2,(H,45,46,47). The Kier molecular flexibility index (Phi) is 7.74. The van der Waals surface area contributed by atoms with E-state index in [2.05, 4.69) is 12.1 Å². The topological polar surface area (TPSA) is 97.7 Å². The fourth-order valence-electron chi connectivity index (χ4n) is 16.3. The first-order valence-electron chi connectivity index (χ1n) is 20.3. The van der Waals surface area contributed by atoms with Crippen LogP contribution >= 0.6 is 45.2 Å². The smallest absolute Gasteiger partial charge is 0.339 e. The summed E-state index contributed by atoms with van der Waals surface area (Å²) in [4.78, 5) is 0.288. The van der Waals surface area contributed by atoms with Gasteiger partial charge in [-0.25, -0.2) is 0 Å². The number of benzene rings is 2. The predicted octanol–water partition coefficient (Wildman–Crippen LogP) is 10.3. The van der Waals surface area contributed by atoms with E-state index in [-0.39, 0.29) is 34.0 Å². The molecule has 12 fully saturated rings. The van der Waals surface area contributed by atoms with Gasteiger partial charge in [-0.15, -0.1) is 0 Å². The Hall–Kier alpha value is -0.440. The van der Waals surface area contributed by atoms with Gasteiger partial charge in [0.1, 0.15) is 15.5 Å². The van der Waals surface area contributed by atoms with Crippen LogP contribution in [0.3, 0.4) is 0 Å². The van der Waals surface area contributed by atoms with Gasteiger partial charge >= 0.3 is 10.1 Å². The number of hydrogen-bond donors (Lipinski definition) is 1. The third kappa shape index (κ3) is 5.37. The number of rotatable bonds is 7. The molecular weight excluding hydrogens is 918 g/mol. The lowest BCUT2D eigenvalue weighted by Gasteiger charge is -2.60. The Morgan fingerprint density at radius 2 is 0.808 bits per heavy atom. The summed E-state index contributed by atoms with van der Waals surface area (Å²) in [6.45, 7) is 0. The summed E-state index contributed by atoms with van der Waals surface area (Å²) in [6.07, 6.45) is 22.3. The second kappa shape index (κ2) is 11.6. The van der Waals surface area contributed by atoms with Gasteiger partial charge in [0.2, 0.25) is 0 Å². The molecule has 6 nitrogen and oxygen atoms in total. The maximum Gasteiger partial charge on any atom is 0.339 e. The Morgan fingerprint density at radius 3 is 1.12 bits per heavy atom. The first kappa shape index (κ1) is 34.8. The average Bonchev–Trinajstić information content (AvgIpc) is 3.01. The summed E-state index contributed by atoms with van der Waals surface area (Å²) in [5.74, 6) is 6.55. The van der Waals surface area contributed by atoms with Gasteiger partial charge in [-0.05, 0) is 259 Å². The maximum absolute atomic E-state index is 15.5. The van der Waals surface area contributed by atoms with Crippen molar-refractivity contribution in [2.75, 3.05) is 0 Å². The van der Waals surface area contributed by atoms with Gasteiger partial charge in [-0.1, -0.05) is 12.1 Å². The molecule has 0 radical (unpaired) electrons. The number of halogens is 2. The normalized spacial score (nSPS) is 43.8. The van der Waals surface area contributed by atoms with Crippen molar-refractivity contribution < 1.29 is 25.6 Å². The Labute approximate surface area is 336 Å². The Bertz CT molecular complexity index is 1910. The van der Waals surface area contributed by atoms with E-state index in [0.29, 0.717) is 40.4 Å². The molecule has 2 aromatic rings. The lowest BCUT2D eigenvalue weighted by atomic mass is 9.45. The minimum Gasteiger partial charge on any atom is -0.379 e. The Balaban J connectivity index is 1.15. The van der Waals surface area contributed by atoms with Crippen molar-refractivity contribution in [2.24, 2.45) is 53.3 Å². The lowest BCUT2D eigenvalue weighted by molar-refractivity contribution is -0.0138. The van der Waals surface area contributed by atoms with Crippen molar-refractivity contribution >= 4 is 65.4 Å². The van der Waals surface area contributed by atoms with Crippen LogP contribution in [0.4, 0.5) is 0 Å². The van der Waals surface area contributed by atoms with Gasteiger partial charge in [-0.2, -0.15) is 16.8 Å². The monoisotopic (exact) mass is 968 g/mol. The molecule has 12 aliphatic carbocycles. The van der Waals surface area contributed by atoms with E-state index in [1.165, 1.54) is 94.7 Å². The Morgan fingerprint density at radius 1 is 0.500 bits per heavy atom. The van der Waals surface area contributed by atoms with Gasteiger partial charge in [0.05, 0.1) is 0 Å². The van der Waals surface area contributed by atoms with E-state index in [0.717, 1.165) is 67.4 Å². The molecule has 0 aromatic heterocycles. The summed E-state index contributed by atoms with van der Waals surface area (Å²) in [5, 5.41) is 0. The zero-order valence-corrected chi connectivity index (χ0v) is 35.7. The van der Waals surface area contributed by atoms with Gasteiger partial charge < -0.3 is 4.18 Å². The van der Waals surface area contributed by atoms with Crippen molar-refractivity contribution in [1.82, 2.24) is 0 Å². The van der Waals surface area contributed by atoms with E-state index >= 15 is 8.42 Å². The molecule has 10 heteroatoms. The van der Waals surface area contributed by atoms with Crippen molar-refractivity contribution in [3.05, 3.63) is 48.1 Å². The van der Waals surface area contributed by atoms with Crippen LogP contribution in [0.5, 0.6) is 5.75 Å². The van der Waals surface area contributed by atoms with E-state index in [1.807, 2.05) is 45.2 Å². The molecule has 0 spiro atoms. The van der Waals surface area contributed by atoms with E-state index in [4.69, 9.17) is 4.18 Å². The molecule has 52 heavy (non-hydrogen) atoms. The van der Waals surface area contributed by atoms with E-state index in [9.17, 15) is 13.0 Å². The van der Waals surface area contributed by atoms with Crippen molar-refractivity contribution in [2.45, 2.75) is 142 Å². The van der Waals surface area contributed by atoms with Crippen LogP contribution in [0.25, 0.3) is 0 Å². The zero-order valence-electron chi connectivity index (χ0n) is 29.8. The van der Waals surface area contributed by atoms with Gasteiger partial charge in [0, 0.05) is 7.14 Å². The molecule has 2 aromatic carbocycles. The van der Waals surface area contributed by atoms with Gasteiger partial charge in [-0.3, -0.25) is 4.55 Å². The van der Waals surface area contributed by atoms with Crippen LogP contribution in [-0.4, -0.2) is 21.4 Å². The molecule has 0 saturated heterocycles. The lowest BCUT2D eigenvalue weighted by Crippen LogP contribution is -2.52. The first-order valence-corrected chi connectivity index (χ1v) is 25.3. The molecule has 0 heterocycles. The molecule has 1 N–H and O–H groups in total. The molecule has 280 valence electrons. The van der Waals surface area contributed by atoms with Crippen molar-refractivity contribution in [1.29, 1.82) is 0 Å². The van der Waals surface area contributed by atoms with E-state index < -0.39 is 20.2 Å². The molecular formula is C42H50I2O6S2. The van der Waals surface area contributed by atoms with Gasteiger partial charge in [0.15, 0.2) is 0 Å². The zero-order chi connectivity index (χ0) is 35.6. The minimum absolute atomic E-state index is 0.110. The summed E-state index contributed by atoms with van der Waals surface area (Å²) < 4.78 is 72.2.